The van der Waals surface area contributed by atoms with Crippen LogP contribution in [0.25, 0.3) is 17.5 Å². The lowest BCUT2D eigenvalue weighted by Gasteiger charge is -2.06. The van der Waals surface area contributed by atoms with Crippen molar-refractivity contribution in [2.75, 3.05) is 7.11 Å². The quantitative estimate of drug-likeness (QED) is 0.579. The number of ether oxygens (including phenoxy) is 1. The number of aliphatic hydroxyl groups is 1. The summed E-state index contributed by atoms with van der Waals surface area (Å²) in [6.45, 7) is 0. The molecule has 1 aliphatic carbocycles. The number of nitrogens with zero attached hydrogens (tertiary/aromatic N) is 1. The Hall–Kier alpha value is -2.90. The molecule has 6 nitrogen and oxygen atoms in total. The number of methoxy groups -OCH3 is 1. The van der Waals surface area contributed by atoms with Crippen LogP contribution in [0.3, 0.4) is 0 Å². The molecule has 29 heavy (non-hydrogen) atoms. The van der Waals surface area contributed by atoms with E-state index in [-0.39, 0.29) is 0 Å². The third kappa shape index (κ3) is 5.34. The Morgan fingerprint density at radius 1 is 1.24 bits per heavy atom. The van der Waals surface area contributed by atoms with E-state index in [0.29, 0.717) is 17.2 Å². The van der Waals surface area contributed by atoms with Crippen LogP contribution in [0, 0.1) is 0 Å². The smallest absolute Gasteiger partial charge is 0.337 e. The summed E-state index contributed by atoms with van der Waals surface area (Å²) in [7, 11) is 1.48. The number of hydrogen-bond donors (Lipinski definition) is 2. The highest BCUT2D eigenvalue weighted by molar-refractivity contribution is 9.10. The highest BCUT2D eigenvalue weighted by Crippen LogP contribution is 2.27. The number of allylic oxidation sites excluding steroid dienone is 1. The standard InChI is InChI=1S/C13H10BrNO.C9H10O4/c14-10-5-3-4-9(8-10)13-15-11-6-1-2-7-12(11)16-13;1-13-7-4-2-3-6(5-7)8(10)9(11)12/h1,3-6,8H,2,7H2;2-5,8,10H,1H3,(H,11,12). The summed E-state index contributed by atoms with van der Waals surface area (Å²) >= 11 is 3.45. The Morgan fingerprint density at radius 3 is 2.72 bits per heavy atom. The number of aromatic nitrogens is 1. The number of carboxylic acids is 1. The number of hydrogen-bond acceptors (Lipinski definition) is 5. The maximum atomic E-state index is 10.4. The molecule has 1 atom stereocenters. The van der Waals surface area contributed by atoms with Gasteiger partial charge in [-0.3, -0.25) is 0 Å². The van der Waals surface area contributed by atoms with Gasteiger partial charge in [-0.2, -0.15) is 0 Å². The van der Waals surface area contributed by atoms with Gasteiger partial charge in [-0.05, 0) is 48.4 Å². The van der Waals surface area contributed by atoms with E-state index in [1.165, 1.54) is 19.2 Å². The van der Waals surface area contributed by atoms with Gasteiger partial charge in [0.1, 0.15) is 17.2 Å². The number of aliphatic carboxylic acids is 1. The molecule has 1 aromatic heterocycles. The van der Waals surface area contributed by atoms with Crippen LogP contribution in [0.2, 0.25) is 0 Å². The minimum Gasteiger partial charge on any atom is -0.497 e. The molecule has 2 aromatic carbocycles. The van der Waals surface area contributed by atoms with Gasteiger partial charge in [0.2, 0.25) is 5.89 Å². The van der Waals surface area contributed by atoms with Crippen molar-refractivity contribution in [3.63, 3.8) is 0 Å². The molecule has 1 unspecified atom stereocenters. The van der Waals surface area contributed by atoms with Gasteiger partial charge in [0, 0.05) is 16.5 Å². The van der Waals surface area contributed by atoms with E-state index in [1.54, 1.807) is 12.1 Å². The lowest BCUT2D eigenvalue weighted by Crippen LogP contribution is -2.10. The first-order valence-electron chi connectivity index (χ1n) is 8.95. The Labute approximate surface area is 176 Å². The predicted octanol–water partition coefficient (Wildman–Crippen LogP) is 4.88. The number of aryl methyl sites for hydroxylation is 1. The Balaban J connectivity index is 0.000000170. The van der Waals surface area contributed by atoms with E-state index in [4.69, 9.17) is 19.4 Å². The lowest BCUT2D eigenvalue weighted by atomic mass is 10.1. The molecule has 0 saturated carbocycles. The summed E-state index contributed by atoms with van der Waals surface area (Å²) in [6, 6.07) is 14.3. The summed E-state index contributed by atoms with van der Waals surface area (Å²) in [5.41, 5.74) is 2.30. The molecule has 0 bridgehead atoms. The fraction of sp³-hybridized carbons (Fsp3) is 0.182. The molecule has 150 valence electrons. The maximum Gasteiger partial charge on any atom is 0.337 e. The summed E-state index contributed by atoms with van der Waals surface area (Å²) < 4.78 is 11.7. The Bertz CT molecular complexity index is 1030. The minimum absolute atomic E-state index is 0.312. The van der Waals surface area contributed by atoms with Gasteiger partial charge in [0.15, 0.2) is 6.10 Å². The van der Waals surface area contributed by atoms with E-state index < -0.39 is 12.1 Å². The van der Waals surface area contributed by atoms with Crippen molar-refractivity contribution < 1.29 is 24.2 Å². The molecule has 1 heterocycles. The van der Waals surface area contributed by atoms with Crippen LogP contribution in [-0.4, -0.2) is 28.3 Å². The summed E-state index contributed by atoms with van der Waals surface area (Å²) in [5.74, 6) is 0.960. The SMILES string of the molecule is Brc1cccc(-c2nc3c(o2)CCC=C3)c1.COc1cccc(C(O)C(=O)O)c1. The van der Waals surface area contributed by atoms with Crippen LogP contribution in [-0.2, 0) is 11.2 Å². The predicted molar refractivity (Wildman–Crippen MR) is 113 cm³/mol. The zero-order valence-corrected chi connectivity index (χ0v) is 17.3. The summed E-state index contributed by atoms with van der Waals surface area (Å²) in [4.78, 5) is 14.9. The van der Waals surface area contributed by atoms with E-state index in [9.17, 15) is 4.79 Å². The fourth-order valence-corrected chi connectivity index (χ4v) is 3.18. The van der Waals surface area contributed by atoms with E-state index >= 15 is 0 Å². The second kappa shape index (κ2) is 9.54. The summed E-state index contributed by atoms with van der Waals surface area (Å²) in [6.07, 6.45) is 4.67. The van der Waals surface area contributed by atoms with Gasteiger partial charge in [-0.1, -0.05) is 40.2 Å². The zero-order chi connectivity index (χ0) is 20.8. The molecular weight excluding hydrogens is 438 g/mol. The van der Waals surface area contributed by atoms with Crippen LogP contribution in [0.4, 0.5) is 0 Å². The minimum atomic E-state index is -1.49. The number of carboxylic acid groups (broad SMARTS) is 1. The van der Waals surface area contributed by atoms with Gasteiger partial charge in [0.05, 0.1) is 7.11 Å². The van der Waals surface area contributed by atoms with Crippen LogP contribution < -0.4 is 4.74 Å². The Morgan fingerprint density at radius 2 is 2.03 bits per heavy atom. The monoisotopic (exact) mass is 457 g/mol. The van der Waals surface area contributed by atoms with Crippen LogP contribution in [0.15, 0.2) is 63.5 Å². The molecule has 0 saturated heterocycles. The number of benzene rings is 2. The van der Waals surface area contributed by atoms with Crippen molar-refractivity contribution in [2.24, 2.45) is 0 Å². The lowest BCUT2D eigenvalue weighted by molar-refractivity contribution is -0.146. The third-order valence-electron chi connectivity index (χ3n) is 4.26. The molecule has 7 heteroatoms. The number of rotatable bonds is 4. The maximum absolute atomic E-state index is 10.4. The van der Waals surface area contributed by atoms with Gasteiger partial charge >= 0.3 is 5.97 Å². The van der Waals surface area contributed by atoms with Crippen molar-refractivity contribution in [3.05, 3.63) is 76.1 Å². The molecule has 0 amide bonds. The first-order chi connectivity index (χ1) is 14.0. The number of aliphatic hydroxyl groups excluding tert-OH is 1. The van der Waals surface area contributed by atoms with E-state index in [1.807, 2.05) is 30.3 Å². The zero-order valence-electron chi connectivity index (χ0n) is 15.7. The molecule has 2 N–H and O–H groups in total. The normalized spacial score (nSPS) is 13.1. The van der Waals surface area contributed by atoms with E-state index in [0.717, 1.165) is 34.3 Å². The number of halogens is 1. The van der Waals surface area contributed by atoms with Crippen LogP contribution >= 0.6 is 15.9 Å². The van der Waals surface area contributed by atoms with Crippen molar-refractivity contribution in [1.82, 2.24) is 4.98 Å². The number of carbonyl (C=O) groups is 1. The summed E-state index contributed by atoms with van der Waals surface area (Å²) in [5, 5.41) is 17.7. The van der Waals surface area contributed by atoms with Crippen molar-refractivity contribution >= 4 is 28.0 Å². The fourth-order valence-electron chi connectivity index (χ4n) is 2.78. The van der Waals surface area contributed by atoms with Crippen molar-refractivity contribution in [2.45, 2.75) is 18.9 Å². The van der Waals surface area contributed by atoms with Gasteiger partial charge in [-0.15, -0.1) is 0 Å². The molecule has 3 aromatic rings. The number of oxazole rings is 1. The van der Waals surface area contributed by atoms with E-state index in [2.05, 4.69) is 27.0 Å². The largest absolute Gasteiger partial charge is 0.497 e. The highest BCUT2D eigenvalue weighted by atomic mass is 79.9. The van der Waals surface area contributed by atoms with Crippen LogP contribution in [0.5, 0.6) is 5.75 Å². The molecule has 0 spiro atoms. The average Bonchev–Trinajstić information content (AvgIpc) is 3.18. The molecule has 1 aliphatic rings. The van der Waals surface area contributed by atoms with Gasteiger partial charge < -0.3 is 19.4 Å². The van der Waals surface area contributed by atoms with Gasteiger partial charge in [0.25, 0.3) is 0 Å². The average molecular weight is 458 g/mol. The molecule has 0 radical (unpaired) electrons. The molecule has 0 aliphatic heterocycles. The number of fused-ring (bicyclic) bond motifs is 1. The van der Waals surface area contributed by atoms with Gasteiger partial charge in [-0.25, -0.2) is 9.78 Å². The van der Waals surface area contributed by atoms with Crippen molar-refractivity contribution in [1.29, 1.82) is 0 Å². The second-order valence-corrected chi connectivity index (χ2v) is 7.21. The van der Waals surface area contributed by atoms with Crippen molar-refractivity contribution in [3.8, 4) is 17.2 Å². The first kappa shape index (κ1) is 20.8. The Kier molecular flexibility index (Phi) is 6.85. The third-order valence-corrected chi connectivity index (χ3v) is 4.75. The van der Waals surface area contributed by atoms with Crippen LogP contribution in [0.1, 0.15) is 29.5 Å². The topological polar surface area (TPSA) is 92.8 Å². The molecule has 0 fully saturated rings. The second-order valence-electron chi connectivity index (χ2n) is 6.30. The highest BCUT2D eigenvalue weighted by Gasteiger charge is 2.16. The first-order valence-corrected chi connectivity index (χ1v) is 9.74. The molecule has 4 rings (SSSR count). The molecular formula is C22H20BrNO5.